The Balaban J connectivity index is 2.84. The van der Waals surface area contributed by atoms with Crippen LogP contribution < -0.4 is 0 Å². The molecule has 1 aromatic rings. The SMILES string of the molecule is CCc1ccc(C(CC)C(C)C)cc1. The third-order valence-corrected chi connectivity index (χ3v) is 3.06. The number of aryl methyl sites for hydroxylation is 1. The molecule has 0 aliphatic carbocycles. The molecule has 1 unspecified atom stereocenters. The number of hydrogen-bond acceptors (Lipinski definition) is 0. The van der Waals surface area contributed by atoms with Gasteiger partial charge in [-0.25, -0.2) is 0 Å². The summed E-state index contributed by atoms with van der Waals surface area (Å²) in [7, 11) is 0. The highest BCUT2D eigenvalue weighted by molar-refractivity contribution is 5.25. The molecule has 0 aliphatic rings. The van der Waals surface area contributed by atoms with E-state index < -0.39 is 0 Å². The lowest BCUT2D eigenvalue weighted by atomic mass is 9.86. The topological polar surface area (TPSA) is 0 Å². The molecule has 78 valence electrons. The minimum Gasteiger partial charge on any atom is -0.0648 e. The number of benzene rings is 1. The van der Waals surface area contributed by atoms with Gasteiger partial charge in [0, 0.05) is 0 Å². The predicted molar refractivity (Wildman–Crippen MR) is 63.7 cm³/mol. The summed E-state index contributed by atoms with van der Waals surface area (Å²) in [5.74, 6) is 1.47. The maximum absolute atomic E-state index is 2.31. The number of rotatable bonds is 4. The molecule has 0 nitrogen and oxygen atoms in total. The van der Waals surface area contributed by atoms with Gasteiger partial charge in [-0.15, -0.1) is 0 Å². The standard InChI is InChI=1S/C14H22/c1-5-12-7-9-13(10-8-12)14(6-2)11(3)4/h7-11,14H,5-6H2,1-4H3. The van der Waals surface area contributed by atoms with E-state index in [0.717, 1.165) is 18.3 Å². The van der Waals surface area contributed by atoms with Crippen LogP contribution in [0.2, 0.25) is 0 Å². The molecule has 0 aliphatic heterocycles. The van der Waals surface area contributed by atoms with Gasteiger partial charge >= 0.3 is 0 Å². The fourth-order valence-corrected chi connectivity index (χ4v) is 2.09. The molecule has 0 saturated heterocycles. The quantitative estimate of drug-likeness (QED) is 0.660. The first-order valence-electron chi connectivity index (χ1n) is 5.77. The van der Waals surface area contributed by atoms with Crippen LogP contribution in [0.25, 0.3) is 0 Å². The Hall–Kier alpha value is -0.780. The fourth-order valence-electron chi connectivity index (χ4n) is 2.09. The molecule has 1 rings (SSSR count). The Morgan fingerprint density at radius 2 is 1.57 bits per heavy atom. The van der Waals surface area contributed by atoms with Crippen molar-refractivity contribution >= 4 is 0 Å². The first-order chi connectivity index (χ1) is 6.69. The summed E-state index contributed by atoms with van der Waals surface area (Å²) in [4.78, 5) is 0. The van der Waals surface area contributed by atoms with Crippen LogP contribution in [0.5, 0.6) is 0 Å². The largest absolute Gasteiger partial charge is 0.0648 e. The van der Waals surface area contributed by atoms with Gasteiger partial charge < -0.3 is 0 Å². The van der Waals surface area contributed by atoms with Crippen molar-refractivity contribution in [2.45, 2.75) is 46.5 Å². The average molecular weight is 190 g/mol. The Morgan fingerprint density at radius 3 is 1.93 bits per heavy atom. The smallest absolute Gasteiger partial charge is 0.0141 e. The van der Waals surface area contributed by atoms with E-state index in [9.17, 15) is 0 Å². The van der Waals surface area contributed by atoms with Crippen molar-refractivity contribution in [1.82, 2.24) is 0 Å². The van der Waals surface area contributed by atoms with Gasteiger partial charge in [0.25, 0.3) is 0 Å². The van der Waals surface area contributed by atoms with E-state index in [-0.39, 0.29) is 0 Å². The third-order valence-electron chi connectivity index (χ3n) is 3.06. The van der Waals surface area contributed by atoms with Crippen LogP contribution in [0.4, 0.5) is 0 Å². The molecule has 0 N–H and O–H groups in total. The van der Waals surface area contributed by atoms with Gasteiger partial charge in [-0.2, -0.15) is 0 Å². The molecule has 0 amide bonds. The molecule has 0 heteroatoms. The van der Waals surface area contributed by atoms with E-state index in [1.807, 2.05) is 0 Å². The van der Waals surface area contributed by atoms with E-state index in [1.165, 1.54) is 17.5 Å². The van der Waals surface area contributed by atoms with Crippen LogP contribution in [0, 0.1) is 5.92 Å². The summed E-state index contributed by atoms with van der Waals surface area (Å²) in [6, 6.07) is 9.13. The van der Waals surface area contributed by atoms with Crippen molar-refractivity contribution in [1.29, 1.82) is 0 Å². The second-order valence-electron chi connectivity index (χ2n) is 4.35. The van der Waals surface area contributed by atoms with E-state index in [2.05, 4.69) is 52.0 Å². The van der Waals surface area contributed by atoms with Crippen molar-refractivity contribution < 1.29 is 0 Å². The van der Waals surface area contributed by atoms with Crippen LogP contribution in [0.1, 0.15) is 51.2 Å². The van der Waals surface area contributed by atoms with E-state index in [0.29, 0.717) is 0 Å². The van der Waals surface area contributed by atoms with Gasteiger partial charge in [0.2, 0.25) is 0 Å². The van der Waals surface area contributed by atoms with E-state index in [4.69, 9.17) is 0 Å². The normalized spacial score (nSPS) is 13.2. The highest BCUT2D eigenvalue weighted by Crippen LogP contribution is 2.27. The molecule has 14 heavy (non-hydrogen) atoms. The summed E-state index contributed by atoms with van der Waals surface area (Å²) in [6.45, 7) is 9.09. The van der Waals surface area contributed by atoms with Crippen LogP contribution in [0.3, 0.4) is 0 Å². The Labute approximate surface area is 88.4 Å². The molecule has 0 fully saturated rings. The second kappa shape index (κ2) is 5.19. The molecule has 0 spiro atoms. The lowest BCUT2D eigenvalue weighted by molar-refractivity contribution is 0.485. The van der Waals surface area contributed by atoms with Crippen molar-refractivity contribution in [3.63, 3.8) is 0 Å². The van der Waals surface area contributed by atoms with E-state index in [1.54, 1.807) is 0 Å². The van der Waals surface area contributed by atoms with Crippen LogP contribution in [0.15, 0.2) is 24.3 Å². The van der Waals surface area contributed by atoms with Gasteiger partial charge in [0.1, 0.15) is 0 Å². The summed E-state index contributed by atoms with van der Waals surface area (Å²) >= 11 is 0. The molecule has 0 aromatic heterocycles. The zero-order chi connectivity index (χ0) is 10.6. The van der Waals surface area contributed by atoms with Crippen molar-refractivity contribution in [3.8, 4) is 0 Å². The maximum atomic E-state index is 2.31. The second-order valence-corrected chi connectivity index (χ2v) is 4.35. The van der Waals surface area contributed by atoms with E-state index >= 15 is 0 Å². The summed E-state index contributed by atoms with van der Waals surface area (Å²) in [6.07, 6.45) is 2.38. The first-order valence-corrected chi connectivity index (χ1v) is 5.77. The molecule has 0 radical (unpaired) electrons. The van der Waals surface area contributed by atoms with Crippen molar-refractivity contribution in [2.75, 3.05) is 0 Å². The minimum absolute atomic E-state index is 0.723. The van der Waals surface area contributed by atoms with Gasteiger partial charge in [-0.05, 0) is 35.8 Å². The highest BCUT2D eigenvalue weighted by Gasteiger charge is 2.12. The average Bonchev–Trinajstić information content (AvgIpc) is 2.19. The summed E-state index contributed by atoms with van der Waals surface area (Å²) in [5, 5.41) is 0. The van der Waals surface area contributed by atoms with Gasteiger partial charge in [0.15, 0.2) is 0 Å². The van der Waals surface area contributed by atoms with Crippen molar-refractivity contribution in [3.05, 3.63) is 35.4 Å². The monoisotopic (exact) mass is 190 g/mol. The number of hydrogen-bond donors (Lipinski definition) is 0. The zero-order valence-electron chi connectivity index (χ0n) is 9.88. The maximum Gasteiger partial charge on any atom is -0.0141 e. The van der Waals surface area contributed by atoms with Crippen LogP contribution >= 0.6 is 0 Å². The Morgan fingerprint density at radius 1 is 1.00 bits per heavy atom. The lowest BCUT2D eigenvalue weighted by Crippen LogP contribution is -2.05. The molecule has 0 saturated carbocycles. The third kappa shape index (κ3) is 2.60. The van der Waals surface area contributed by atoms with Gasteiger partial charge in [-0.3, -0.25) is 0 Å². The fraction of sp³-hybridized carbons (Fsp3) is 0.571. The molecule has 1 aromatic carbocycles. The minimum atomic E-state index is 0.723. The molecule has 1 atom stereocenters. The van der Waals surface area contributed by atoms with Gasteiger partial charge in [-0.1, -0.05) is 52.0 Å². The van der Waals surface area contributed by atoms with Crippen LogP contribution in [-0.2, 0) is 6.42 Å². The highest BCUT2D eigenvalue weighted by atomic mass is 14.2. The molecule has 0 bridgehead atoms. The molecular formula is C14H22. The predicted octanol–water partition coefficient (Wildman–Crippen LogP) is 4.40. The zero-order valence-corrected chi connectivity index (χ0v) is 9.88. The lowest BCUT2D eigenvalue weighted by Gasteiger charge is -2.19. The summed E-state index contributed by atoms with van der Waals surface area (Å²) in [5.41, 5.74) is 2.94. The van der Waals surface area contributed by atoms with Gasteiger partial charge in [0.05, 0.1) is 0 Å². The Kier molecular flexibility index (Phi) is 4.19. The molecular weight excluding hydrogens is 168 g/mol. The first kappa shape index (κ1) is 11.3. The summed E-state index contributed by atoms with van der Waals surface area (Å²) < 4.78 is 0. The Bertz CT molecular complexity index is 256. The van der Waals surface area contributed by atoms with Crippen LogP contribution in [-0.4, -0.2) is 0 Å². The van der Waals surface area contributed by atoms with Crippen molar-refractivity contribution in [2.24, 2.45) is 5.92 Å². The molecule has 0 heterocycles.